The summed E-state index contributed by atoms with van der Waals surface area (Å²) in [5.74, 6) is -0.0908. The highest BCUT2D eigenvalue weighted by molar-refractivity contribution is 5.87. The topological polar surface area (TPSA) is 68.7 Å². The van der Waals surface area contributed by atoms with Crippen molar-refractivity contribution in [3.8, 4) is 0 Å². The molecule has 19 heavy (non-hydrogen) atoms. The number of methoxy groups -OCH3 is 1. The van der Waals surface area contributed by atoms with Crippen molar-refractivity contribution in [2.75, 3.05) is 20.2 Å². The molecule has 1 aliphatic heterocycles. The zero-order chi connectivity index (χ0) is 13.7. The number of likely N-dealkylation sites (tertiary alicyclic amines) is 1. The van der Waals surface area contributed by atoms with Gasteiger partial charge < -0.3 is 14.9 Å². The Morgan fingerprint density at radius 2 is 2.42 bits per heavy atom. The van der Waals surface area contributed by atoms with Gasteiger partial charge in [-0.3, -0.25) is 4.90 Å². The standard InChI is InChI=1S/C14H22N2O3/c1-18-14(17)13-11(6-9-19-13)10-16-8-3-2-4-12(16)5-7-15/h6,9,12H,2-5,7-8,10,15H2,1H3. The molecule has 0 saturated carbocycles. The minimum Gasteiger partial charge on any atom is -0.463 e. The number of rotatable bonds is 5. The van der Waals surface area contributed by atoms with Crippen molar-refractivity contribution < 1.29 is 13.9 Å². The van der Waals surface area contributed by atoms with Crippen molar-refractivity contribution in [2.45, 2.75) is 38.3 Å². The lowest BCUT2D eigenvalue weighted by Gasteiger charge is -2.35. The normalized spacial score (nSPS) is 20.4. The number of esters is 1. The monoisotopic (exact) mass is 266 g/mol. The fraction of sp³-hybridized carbons (Fsp3) is 0.643. The van der Waals surface area contributed by atoms with Crippen LogP contribution >= 0.6 is 0 Å². The second-order valence-electron chi connectivity index (χ2n) is 4.96. The van der Waals surface area contributed by atoms with Gasteiger partial charge in [0.15, 0.2) is 0 Å². The largest absolute Gasteiger partial charge is 0.463 e. The molecule has 0 radical (unpaired) electrons. The Hall–Kier alpha value is -1.33. The Bertz CT molecular complexity index is 415. The van der Waals surface area contributed by atoms with E-state index in [1.54, 1.807) is 6.26 Å². The molecule has 1 atom stereocenters. The molecule has 1 aliphatic rings. The number of hydrogen-bond acceptors (Lipinski definition) is 5. The van der Waals surface area contributed by atoms with Crippen LogP contribution in [0.5, 0.6) is 0 Å². The minimum atomic E-state index is -0.410. The van der Waals surface area contributed by atoms with E-state index in [0.717, 1.165) is 25.1 Å². The van der Waals surface area contributed by atoms with E-state index in [1.807, 2.05) is 6.07 Å². The van der Waals surface area contributed by atoms with Gasteiger partial charge in [0.05, 0.1) is 13.4 Å². The molecule has 5 heteroatoms. The van der Waals surface area contributed by atoms with Crippen molar-refractivity contribution in [3.63, 3.8) is 0 Å². The molecule has 1 aromatic rings. The fourth-order valence-electron chi connectivity index (χ4n) is 2.74. The molecule has 2 N–H and O–H groups in total. The number of carbonyl (C=O) groups excluding carboxylic acids is 1. The lowest BCUT2D eigenvalue weighted by Crippen LogP contribution is -2.40. The predicted octanol–water partition coefficient (Wildman–Crippen LogP) is 1.77. The lowest BCUT2D eigenvalue weighted by molar-refractivity contribution is 0.0559. The Morgan fingerprint density at radius 1 is 1.58 bits per heavy atom. The van der Waals surface area contributed by atoms with Gasteiger partial charge in [0.1, 0.15) is 0 Å². The summed E-state index contributed by atoms with van der Waals surface area (Å²) >= 11 is 0. The summed E-state index contributed by atoms with van der Waals surface area (Å²) < 4.78 is 9.96. The second kappa shape index (κ2) is 6.73. The highest BCUT2D eigenvalue weighted by atomic mass is 16.5. The van der Waals surface area contributed by atoms with Crippen LogP contribution in [-0.4, -0.2) is 37.1 Å². The average molecular weight is 266 g/mol. The van der Waals surface area contributed by atoms with Crippen LogP contribution in [0.4, 0.5) is 0 Å². The Kier molecular flexibility index (Phi) is 4.99. The van der Waals surface area contributed by atoms with Gasteiger partial charge in [-0.2, -0.15) is 0 Å². The third-order valence-corrected chi connectivity index (χ3v) is 3.74. The molecule has 106 valence electrons. The van der Waals surface area contributed by atoms with Crippen LogP contribution in [0.15, 0.2) is 16.7 Å². The van der Waals surface area contributed by atoms with E-state index in [-0.39, 0.29) is 0 Å². The molecule has 2 rings (SSSR count). The van der Waals surface area contributed by atoms with Crippen LogP contribution in [0.1, 0.15) is 41.8 Å². The zero-order valence-electron chi connectivity index (χ0n) is 11.4. The smallest absolute Gasteiger partial charge is 0.374 e. The van der Waals surface area contributed by atoms with E-state index in [1.165, 1.54) is 26.4 Å². The Labute approximate surface area is 113 Å². The van der Waals surface area contributed by atoms with E-state index in [2.05, 4.69) is 4.90 Å². The van der Waals surface area contributed by atoms with Gasteiger partial charge in [0.2, 0.25) is 5.76 Å². The second-order valence-corrected chi connectivity index (χ2v) is 4.96. The summed E-state index contributed by atoms with van der Waals surface area (Å²) in [5.41, 5.74) is 6.57. The van der Waals surface area contributed by atoms with Gasteiger partial charge in [-0.15, -0.1) is 0 Å². The van der Waals surface area contributed by atoms with E-state index in [4.69, 9.17) is 14.9 Å². The molecule has 0 amide bonds. The molecular formula is C14H22N2O3. The first-order chi connectivity index (χ1) is 9.26. The minimum absolute atomic E-state index is 0.319. The van der Waals surface area contributed by atoms with Gasteiger partial charge in [-0.25, -0.2) is 4.79 Å². The number of carbonyl (C=O) groups is 1. The van der Waals surface area contributed by atoms with E-state index in [0.29, 0.717) is 18.3 Å². The predicted molar refractivity (Wildman–Crippen MR) is 71.8 cm³/mol. The first-order valence-electron chi connectivity index (χ1n) is 6.85. The Balaban J connectivity index is 2.06. The van der Waals surface area contributed by atoms with Crippen LogP contribution < -0.4 is 5.73 Å². The van der Waals surface area contributed by atoms with Crippen molar-refractivity contribution in [2.24, 2.45) is 5.73 Å². The van der Waals surface area contributed by atoms with Crippen LogP contribution in [0.2, 0.25) is 0 Å². The highest BCUT2D eigenvalue weighted by Crippen LogP contribution is 2.23. The number of nitrogens with two attached hydrogens (primary N) is 1. The highest BCUT2D eigenvalue weighted by Gasteiger charge is 2.24. The average Bonchev–Trinajstić information content (AvgIpc) is 2.88. The molecule has 0 aromatic carbocycles. The summed E-state index contributed by atoms with van der Waals surface area (Å²) in [6.07, 6.45) is 6.19. The molecule has 1 aromatic heterocycles. The van der Waals surface area contributed by atoms with Crippen LogP contribution in [0.3, 0.4) is 0 Å². The third kappa shape index (κ3) is 3.36. The number of furan rings is 1. The maximum absolute atomic E-state index is 11.6. The van der Waals surface area contributed by atoms with E-state index < -0.39 is 5.97 Å². The lowest BCUT2D eigenvalue weighted by atomic mass is 9.98. The summed E-state index contributed by atoms with van der Waals surface area (Å²) in [5, 5.41) is 0. The first kappa shape index (κ1) is 14.1. The van der Waals surface area contributed by atoms with E-state index >= 15 is 0 Å². The first-order valence-corrected chi connectivity index (χ1v) is 6.85. The fourth-order valence-corrected chi connectivity index (χ4v) is 2.74. The quantitative estimate of drug-likeness (QED) is 0.823. The molecule has 0 aliphatic carbocycles. The third-order valence-electron chi connectivity index (χ3n) is 3.74. The van der Waals surface area contributed by atoms with Crippen molar-refractivity contribution in [3.05, 3.63) is 23.7 Å². The maximum atomic E-state index is 11.6. The van der Waals surface area contributed by atoms with Gasteiger partial charge in [-0.1, -0.05) is 6.42 Å². The summed E-state index contributed by atoms with van der Waals surface area (Å²) in [6.45, 7) is 2.48. The summed E-state index contributed by atoms with van der Waals surface area (Å²) in [4.78, 5) is 14.0. The van der Waals surface area contributed by atoms with Gasteiger partial charge in [-0.05, 0) is 38.4 Å². The number of nitrogens with zero attached hydrogens (tertiary/aromatic N) is 1. The molecular weight excluding hydrogens is 244 g/mol. The van der Waals surface area contributed by atoms with Crippen molar-refractivity contribution in [1.82, 2.24) is 4.90 Å². The number of hydrogen-bond donors (Lipinski definition) is 1. The maximum Gasteiger partial charge on any atom is 0.374 e. The molecule has 0 spiro atoms. The number of piperidine rings is 1. The van der Waals surface area contributed by atoms with E-state index in [9.17, 15) is 4.79 Å². The molecule has 1 unspecified atom stereocenters. The van der Waals surface area contributed by atoms with Crippen LogP contribution in [0.25, 0.3) is 0 Å². The van der Waals surface area contributed by atoms with Gasteiger partial charge in [0, 0.05) is 18.2 Å². The van der Waals surface area contributed by atoms with Crippen LogP contribution in [-0.2, 0) is 11.3 Å². The molecule has 2 heterocycles. The van der Waals surface area contributed by atoms with Gasteiger partial charge in [0.25, 0.3) is 0 Å². The number of ether oxygens (including phenoxy) is 1. The Morgan fingerprint density at radius 3 is 3.16 bits per heavy atom. The van der Waals surface area contributed by atoms with Crippen molar-refractivity contribution in [1.29, 1.82) is 0 Å². The SMILES string of the molecule is COC(=O)c1occc1CN1CCCCC1CCN. The van der Waals surface area contributed by atoms with Gasteiger partial charge >= 0.3 is 5.97 Å². The summed E-state index contributed by atoms with van der Waals surface area (Å²) in [6, 6.07) is 2.36. The molecule has 0 bridgehead atoms. The molecule has 1 fully saturated rings. The summed E-state index contributed by atoms with van der Waals surface area (Å²) in [7, 11) is 1.37. The van der Waals surface area contributed by atoms with Crippen molar-refractivity contribution >= 4 is 5.97 Å². The van der Waals surface area contributed by atoms with Crippen LogP contribution in [0, 0.1) is 0 Å². The molecule has 1 saturated heterocycles. The zero-order valence-corrected chi connectivity index (χ0v) is 11.4. The molecule has 5 nitrogen and oxygen atoms in total.